The molecule has 0 saturated heterocycles. The average Bonchev–Trinajstić information content (AvgIpc) is 2.36. The molecule has 0 saturated carbocycles. The van der Waals surface area contributed by atoms with E-state index in [1.165, 1.54) is 11.6 Å². The average molecular weight is 401 g/mol. The van der Waals surface area contributed by atoms with Gasteiger partial charge in [0.05, 0.1) is 0 Å². The molecule has 2 rings (SSSR count). The summed E-state index contributed by atoms with van der Waals surface area (Å²) in [5.41, 5.74) is 2.25. The van der Waals surface area contributed by atoms with Gasteiger partial charge in [0, 0.05) is 15.0 Å². The van der Waals surface area contributed by atoms with Gasteiger partial charge >= 0.3 is 0 Å². The molecule has 0 aliphatic heterocycles. The minimum atomic E-state index is -0.202. The van der Waals surface area contributed by atoms with Crippen LogP contribution in [0.5, 0.6) is 0 Å². The number of hydrogen-bond acceptors (Lipinski definition) is 1. The molecule has 20 heavy (non-hydrogen) atoms. The lowest BCUT2D eigenvalue weighted by Crippen LogP contribution is -2.29. The molecule has 1 atom stereocenters. The molecule has 106 valence electrons. The normalized spacial score (nSPS) is 12.4. The summed E-state index contributed by atoms with van der Waals surface area (Å²) < 4.78 is 15.3. The zero-order chi connectivity index (χ0) is 14.5. The van der Waals surface area contributed by atoms with Crippen LogP contribution in [0.4, 0.5) is 4.39 Å². The fourth-order valence-corrected chi connectivity index (χ4v) is 3.20. The van der Waals surface area contributed by atoms with Crippen molar-refractivity contribution in [1.82, 2.24) is 5.32 Å². The van der Waals surface area contributed by atoms with Crippen molar-refractivity contribution in [3.8, 4) is 0 Å². The van der Waals surface area contributed by atoms with Gasteiger partial charge in [0.1, 0.15) is 5.82 Å². The quantitative estimate of drug-likeness (QED) is 0.765. The molecule has 1 unspecified atom stereocenters. The highest BCUT2D eigenvalue weighted by molar-refractivity contribution is 9.10. The van der Waals surface area contributed by atoms with E-state index in [-0.39, 0.29) is 11.9 Å². The summed E-state index contributed by atoms with van der Waals surface area (Å²) in [7, 11) is 1.94. The van der Waals surface area contributed by atoms with Gasteiger partial charge in [-0.15, -0.1) is 0 Å². The molecule has 0 amide bonds. The second-order valence-corrected chi connectivity index (χ2v) is 6.63. The van der Waals surface area contributed by atoms with Gasteiger partial charge in [-0.1, -0.05) is 44.0 Å². The Labute approximate surface area is 135 Å². The predicted molar refractivity (Wildman–Crippen MR) is 88.5 cm³/mol. The second-order valence-electron chi connectivity index (χ2n) is 4.80. The number of hydrogen-bond donors (Lipinski definition) is 1. The molecular weight excluding hydrogens is 385 g/mol. The molecule has 1 N–H and O–H groups in total. The molecule has 0 aliphatic rings. The van der Waals surface area contributed by atoms with Crippen LogP contribution in [-0.2, 0) is 12.8 Å². The molecule has 0 radical (unpaired) electrons. The highest BCUT2D eigenvalue weighted by atomic mass is 79.9. The minimum absolute atomic E-state index is 0.202. The Kier molecular flexibility index (Phi) is 5.75. The van der Waals surface area contributed by atoms with Gasteiger partial charge in [-0.25, -0.2) is 4.39 Å². The van der Waals surface area contributed by atoms with Crippen molar-refractivity contribution in [3.63, 3.8) is 0 Å². The molecule has 0 aromatic heterocycles. The van der Waals surface area contributed by atoms with Gasteiger partial charge in [0.2, 0.25) is 0 Å². The van der Waals surface area contributed by atoms with Crippen LogP contribution in [0, 0.1) is 5.82 Å². The molecule has 0 spiro atoms. The molecule has 1 nitrogen and oxygen atoms in total. The van der Waals surface area contributed by atoms with Crippen LogP contribution in [0.15, 0.2) is 51.4 Å². The summed E-state index contributed by atoms with van der Waals surface area (Å²) in [5, 5.41) is 3.30. The van der Waals surface area contributed by atoms with Crippen LogP contribution in [0.3, 0.4) is 0 Å². The Bertz CT molecular complexity index is 566. The van der Waals surface area contributed by atoms with E-state index in [0.29, 0.717) is 0 Å². The number of nitrogens with one attached hydrogen (secondary N) is 1. The second kappa shape index (κ2) is 7.34. The highest BCUT2D eigenvalue weighted by Crippen LogP contribution is 2.18. The van der Waals surface area contributed by atoms with E-state index < -0.39 is 0 Å². The van der Waals surface area contributed by atoms with Crippen molar-refractivity contribution in [2.24, 2.45) is 0 Å². The molecule has 0 heterocycles. The van der Waals surface area contributed by atoms with Gasteiger partial charge in [-0.2, -0.15) is 0 Å². The van der Waals surface area contributed by atoms with E-state index in [4.69, 9.17) is 0 Å². The zero-order valence-electron chi connectivity index (χ0n) is 11.2. The van der Waals surface area contributed by atoms with E-state index >= 15 is 0 Å². The van der Waals surface area contributed by atoms with E-state index in [9.17, 15) is 4.39 Å². The SMILES string of the molecule is CNC(Cc1cccc(Br)c1)Cc1cc(F)cc(Br)c1. The lowest BCUT2D eigenvalue weighted by Gasteiger charge is -2.17. The van der Waals surface area contributed by atoms with Crippen molar-refractivity contribution in [3.05, 3.63) is 68.4 Å². The lowest BCUT2D eigenvalue weighted by atomic mass is 9.99. The molecule has 4 heteroatoms. The maximum atomic E-state index is 13.4. The van der Waals surface area contributed by atoms with Crippen LogP contribution in [0.25, 0.3) is 0 Å². The van der Waals surface area contributed by atoms with Crippen LogP contribution in [-0.4, -0.2) is 13.1 Å². The third-order valence-electron chi connectivity index (χ3n) is 3.18. The maximum absolute atomic E-state index is 13.4. The van der Waals surface area contributed by atoms with Crippen molar-refractivity contribution in [2.45, 2.75) is 18.9 Å². The zero-order valence-corrected chi connectivity index (χ0v) is 14.3. The first kappa shape index (κ1) is 15.7. The Morgan fingerprint density at radius 3 is 2.35 bits per heavy atom. The first-order chi connectivity index (χ1) is 9.56. The standard InChI is InChI=1S/C16H16Br2FN/c1-20-16(8-11-3-2-4-13(17)5-11)9-12-6-14(18)10-15(19)7-12/h2-7,10,16,20H,8-9H2,1H3. The Balaban J connectivity index is 2.09. The third-order valence-corrected chi connectivity index (χ3v) is 4.13. The van der Waals surface area contributed by atoms with Crippen LogP contribution in [0.1, 0.15) is 11.1 Å². The summed E-state index contributed by atoms with van der Waals surface area (Å²) in [6.45, 7) is 0. The maximum Gasteiger partial charge on any atom is 0.124 e. The molecular formula is C16H16Br2FN. The monoisotopic (exact) mass is 399 g/mol. The number of rotatable bonds is 5. The van der Waals surface area contributed by atoms with Crippen LogP contribution < -0.4 is 5.32 Å². The van der Waals surface area contributed by atoms with Gasteiger partial charge in [0.25, 0.3) is 0 Å². The largest absolute Gasteiger partial charge is 0.316 e. The van der Waals surface area contributed by atoms with Crippen LogP contribution >= 0.6 is 31.9 Å². The van der Waals surface area contributed by atoms with Gasteiger partial charge in [-0.3, -0.25) is 0 Å². The number of benzene rings is 2. The highest BCUT2D eigenvalue weighted by Gasteiger charge is 2.10. The third kappa shape index (κ3) is 4.69. The summed E-state index contributed by atoms with van der Waals surface area (Å²) in [5.74, 6) is -0.202. The Morgan fingerprint density at radius 1 is 1.00 bits per heavy atom. The molecule has 0 bridgehead atoms. The fourth-order valence-electron chi connectivity index (χ4n) is 2.24. The van der Waals surface area contributed by atoms with E-state index in [1.54, 1.807) is 6.07 Å². The summed E-state index contributed by atoms with van der Waals surface area (Å²) >= 11 is 6.82. The smallest absolute Gasteiger partial charge is 0.124 e. The molecule has 0 fully saturated rings. The van der Waals surface area contributed by atoms with Gasteiger partial charge in [-0.05, 0) is 61.3 Å². The molecule has 2 aromatic rings. The van der Waals surface area contributed by atoms with Crippen LogP contribution in [0.2, 0.25) is 0 Å². The first-order valence-electron chi connectivity index (χ1n) is 6.43. The van der Waals surface area contributed by atoms with Crippen molar-refractivity contribution < 1.29 is 4.39 Å². The summed E-state index contributed by atoms with van der Waals surface area (Å²) in [6.07, 6.45) is 1.70. The topological polar surface area (TPSA) is 12.0 Å². The minimum Gasteiger partial charge on any atom is -0.316 e. The van der Waals surface area contributed by atoms with E-state index in [2.05, 4.69) is 49.3 Å². The Hall–Kier alpha value is -0.710. The Morgan fingerprint density at radius 2 is 1.70 bits per heavy atom. The van der Waals surface area contributed by atoms with Gasteiger partial charge < -0.3 is 5.32 Å². The van der Waals surface area contributed by atoms with Crippen molar-refractivity contribution in [1.29, 1.82) is 0 Å². The summed E-state index contributed by atoms with van der Waals surface area (Å²) in [6, 6.07) is 13.6. The van der Waals surface area contributed by atoms with E-state index in [1.807, 2.05) is 25.2 Å². The lowest BCUT2D eigenvalue weighted by molar-refractivity contribution is 0.552. The summed E-state index contributed by atoms with van der Waals surface area (Å²) in [4.78, 5) is 0. The van der Waals surface area contributed by atoms with Crippen molar-refractivity contribution in [2.75, 3.05) is 7.05 Å². The van der Waals surface area contributed by atoms with Crippen molar-refractivity contribution >= 4 is 31.9 Å². The predicted octanol–water partition coefficient (Wildman–Crippen LogP) is 4.72. The van der Waals surface area contributed by atoms with E-state index in [0.717, 1.165) is 27.4 Å². The number of halogens is 3. The fraction of sp³-hybridized carbons (Fsp3) is 0.250. The molecule has 2 aromatic carbocycles. The number of likely N-dealkylation sites (N-methyl/N-ethyl adjacent to an activating group) is 1. The first-order valence-corrected chi connectivity index (χ1v) is 8.02. The van der Waals surface area contributed by atoms with Gasteiger partial charge in [0.15, 0.2) is 0 Å². The molecule has 0 aliphatic carbocycles.